The fourth-order valence-electron chi connectivity index (χ4n) is 2.29. The zero-order valence-corrected chi connectivity index (χ0v) is 12.5. The Labute approximate surface area is 130 Å². The first kappa shape index (κ1) is 15.8. The molecule has 22 heavy (non-hydrogen) atoms. The minimum Gasteiger partial charge on any atom is -0.369 e. The second-order valence-electron chi connectivity index (χ2n) is 5.03. The summed E-state index contributed by atoms with van der Waals surface area (Å²) in [5, 5.41) is 1.29. The number of hydrogen-bond acceptors (Lipinski definition) is 2. The zero-order valence-electron chi connectivity index (χ0n) is 12.5. The summed E-state index contributed by atoms with van der Waals surface area (Å²) in [6, 6.07) is 17.7. The molecule has 3 aromatic rings. The van der Waals surface area contributed by atoms with E-state index in [1.807, 2.05) is 42.6 Å². The maximum Gasteiger partial charge on any atom is 0.221 e. The summed E-state index contributed by atoms with van der Waals surface area (Å²) in [5.41, 5.74) is 14.0. The molecule has 0 fully saturated rings. The molecule has 0 saturated heterocycles. The van der Waals surface area contributed by atoms with Crippen molar-refractivity contribution in [1.82, 2.24) is 4.98 Å². The van der Waals surface area contributed by atoms with E-state index in [-0.39, 0.29) is 5.91 Å². The van der Waals surface area contributed by atoms with Gasteiger partial charge in [-0.2, -0.15) is 0 Å². The molecule has 1 heterocycles. The number of nitrogens with one attached hydrogen (secondary N) is 1. The number of carbonyl (C=O) groups excluding carboxylic acids is 1. The third-order valence-electron chi connectivity index (χ3n) is 3.31. The Morgan fingerprint density at radius 1 is 1.00 bits per heavy atom. The van der Waals surface area contributed by atoms with E-state index in [4.69, 9.17) is 11.5 Å². The number of H-pyrrole nitrogens is 1. The van der Waals surface area contributed by atoms with Crippen LogP contribution in [-0.4, -0.2) is 17.4 Å². The first-order valence-corrected chi connectivity index (χ1v) is 7.28. The molecule has 0 unspecified atom stereocenters. The number of aromatic nitrogens is 1. The van der Waals surface area contributed by atoms with E-state index in [0.717, 1.165) is 12.0 Å². The number of nitrogens with two attached hydrogens (primary N) is 2. The predicted molar refractivity (Wildman–Crippen MR) is 90.4 cm³/mol. The SMILES string of the molecule is NC(=O)Cc1ccccc1.NCCc1c[nH]c2ccccc12. The van der Waals surface area contributed by atoms with Crippen LogP contribution in [0.5, 0.6) is 0 Å². The van der Waals surface area contributed by atoms with Crippen molar-refractivity contribution in [2.24, 2.45) is 11.5 Å². The molecule has 4 heteroatoms. The average Bonchev–Trinajstić information content (AvgIpc) is 2.92. The molecular weight excluding hydrogens is 274 g/mol. The number of hydrogen-bond donors (Lipinski definition) is 3. The summed E-state index contributed by atoms with van der Waals surface area (Å²) < 4.78 is 0. The van der Waals surface area contributed by atoms with Crippen LogP contribution in [-0.2, 0) is 17.6 Å². The van der Waals surface area contributed by atoms with Gasteiger partial charge in [-0.3, -0.25) is 4.79 Å². The molecule has 3 rings (SSSR count). The van der Waals surface area contributed by atoms with E-state index in [0.29, 0.717) is 13.0 Å². The average molecular weight is 295 g/mol. The highest BCUT2D eigenvalue weighted by molar-refractivity contribution is 5.83. The molecular formula is C18H21N3O. The van der Waals surface area contributed by atoms with Gasteiger partial charge in [-0.25, -0.2) is 0 Å². The van der Waals surface area contributed by atoms with Gasteiger partial charge < -0.3 is 16.5 Å². The summed E-state index contributed by atoms with van der Waals surface area (Å²) in [7, 11) is 0. The lowest BCUT2D eigenvalue weighted by Crippen LogP contribution is -2.13. The van der Waals surface area contributed by atoms with Crippen molar-refractivity contribution in [3.63, 3.8) is 0 Å². The Kier molecular flexibility index (Phi) is 5.74. The van der Waals surface area contributed by atoms with Crippen LogP contribution in [0.4, 0.5) is 0 Å². The van der Waals surface area contributed by atoms with E-state index in [1.54, 1.807) is 0 Å². The van der Waals surface area contributed by atoms with Gasteiger partial charge in [0.25, 0.3) is 0 Å². The summed E-state index contributed by atoms with van der Waals surface area (Å²) in [4.78, 5) is 13.6. The number of primary amides is 1. The zero-order chi connectivity index (χ0) is 15.8. The van der Waals surface area contributed by atoms with Crippen molar-refractivity contribution >= 4 is 16.8 Å². The highest BCUT2D eigenvalue weighted by atomic mass is 16.1. The molecule has 1 aromatic heterocycles. The van der Waals surface area contributed by atoms with Crippen LogP contribution in [0, 0.1) is 0 Å². The van der Waals surface area contributed by atoms with E-state index >= 15 is 0 Å². The summed E-state index contributed by atoms with van der Waals surface area (Å²) in [5.74, 6) is -0.286. The van der Waals surface area contributed by atoms with Gasteiger partial charge in [0.15, 0.2) is 0 Å². The minimum absolute atomic E-state index is 0.286. The first-order chi connectivity index (χ1) is 10.7. The van der Waals surface area contributed by atoms with Gasteiger partial charge in [-0.05, 0) is 30.2 Å². The van der Waals surface area contributed by atoms with Crippen molar-refractivity contribution in [2.75, 3.05) is 6.54 Å². The molecule has 0 saturated carbocycles. The van der Waals surface area contributed by atoms with Crippen LogP contribution in [0.15, 0.2) is 60.8 Å². The molecule has 0 radical (unpaired) electrons. The van der Waals surface area contributed by atoms with Gasteiger partial charge in [-0.15, -0.1) is 0 Å². The number of fused-ring (bicyclic) bond motifs is 1. The van der Waals surface area contributed by atoms with E-state index in [2.05, 4.69) is 23.2 Å². The number of carbonyl (C=O) groups is 1. The normalized spacial score (nSPS) is 10.0. The van der Waals surface area contributed by atoms with Gasteiger partial charge in [0.1, 0.15) is 0 Å². The predicted octanol–water partition coefficient (Wildman–Crippen LogP) is 2.38. The second-order valence-corrected chi connectivity index (χ2v) is 5.03. The highest BCUT2D eigenvalue weighted by Crippen LogP contribution is 2.17. The molecule has 0 spiro atoms. The van der Waals surface area contributed by atoms with Gasteiger partial charge in [0, 0.05) is 17.1 Å². The Morgan fingerprint density at radius 3 is 2.36 bits per heavy atom. The first-order valence-electron chi connectivity index (χ1n) is 7.28. The molecule has 1 amide bonds. The largest absolute Gasteiger partial charge is 0.369 e. The standard InChI is InChI=1S/C10H12N2.C8H9NO/c11-6-5-8-7-12-10-4-2-1-3-9(8)10;9-8(10)6-7-4-2-1-3-5-7/h1-4,7,12H,5-6,11H2;1-5H,6H2,(H2,9,10). The van der Waals surface area contributed by atoms with Gasteiger partial charge in [0.05, 0.1) is 6.42 Å². The van der Waals surface area contributed by atoms with E-state index in [9.17, 15) is 4.79 Å². The maximum atomic E-state index is 10.4. The summed E-state index contributed by atoms with van der Waals surface area (Å²) in [6.45, 7) is 0.710. The van der Waals surface area contributed by atoms with Gasteiger partial charge >= 0.3 is 0 Å². The number of benzene rings is 2. The fraction of sp³-hybridized carbons (Fsp3) is 0.167. The van der Waals surface area contributed by atoms with Crippen molar-refractivity contribution < 1.29 is 4.79 Å². The van der Waals surface area contributed by atoms with Crippen LogP contribution in [0.1, 0.15) is 11.1 Å². The quantitative estimate of drug-likeness (QED) is 0.690. The monoisotopic (exact) mass is 295 g/mol. The van der Waals surface area contributed by atoms with Gasteiger partial charge in [-0.1, -0.05) is 48.5 Å². The second kappa shape index (κ2) is 8.00. The van der Waals surface area contributed by atoms with Crippen LogP contribution >= 0.6 is 0 Å². The highest BCUT2D eigenvalue weighted by Gasteiger charge is 1.99. The van der Waals surface area contributed by atoms with Crippen molar-refractivity contribution in [1.29, 1.82) is 0 Å². The van der Waals surface area contributed by atoms with Crippen LogP contribution < -0.4 is 11.5 Å². The van der Waals surface area contributed by atoms with Crippen LogP contribution in [0.3, 0.4) is 0 Å². The molecule has 114 valence electrons. The Morgan fingerprint density at radius 2 is 1.68 bits per heavy atom. The Balaban J connectivity index is 0.000000164. The molecule has 0 bridgehead atoms. The number of aromatic amines is 1. The molecule has 2 aromatic carbocycles. The third-order valence-corrected chi connectivity index (χ3v) is 3.31. The lowest BCUT2D eigenvalue weighted by molar-refractivity contribution is -0.117. The molecule has 0 aliphatic rings. The molecule has 5 N–H and O–H groups in total. The number of amides is 1. The number of rotatable bonds is 4. The van der Waals surface area contributed by atoms with Crippen LogP contribution in [0.2, 0.25) is 0 Å². The molecule has 0 aliphatic heterocycles. The van der Waals surface area contributed by atoms with E-state index in [1.165, 1.54) is 16.5 Å². The summed E-state index contributed by atoms with van der Waals surface area (Å²) >= 11 is 0. The van der Waals surface area contributed by atoms with Crippen molar-refractivity contribution in [3.8, 4) is 0 Å². The van der Waals surface area contributed by atoms with Crippen molar-refractivity contribution in [3.05, 3.63) is 71.9 Å². The minimum atomic E-state index is -0.286. The molecule has 4 nitrogen and oxygen atoms in total. The molecule has 0 atom stereocenters. The Bertz CT molecular complexity index is 719. The third kappa shape index (κ3) is 4.46. The Hall–Kier alpha value is -2.59. The fourth-order valence-corrected chi connectivity index (χ4v) is 2.29. The van der Waals surface area contributed by atoms with Crippen LogP contribution in [0.25, 0.3) is 10.9 Å². The van der Waals surface area contributed by atoms with E-state index < -0.39 is 0 Å². The van der Waals surface area contributed by atoms with Crippen molar-refractivity contribution in [2.45, 2.75) is 12.8 Å². The maximum absolute atomic E-state index is 10.4. The molecule has 0 aliphatic carbocycles. The van der Waals surface area contributed by atoms with Gasteiger partial charge in [0.2, 0.25) is 5.91 Å². The summed E-state index contributed by atoms with van der Waals surface area (Å²) in [6.07, 6.45) is 3.32. The smallest absolute Gasteiger partial charge is 0.221 e. The lowest BCUT2D eigenvalue weighted by atomic mass is 10.1. The lowest BCUT2D eigenvalue weighted by Gasteiger charge is -1.93. The number of para-hydroxylation sites is 1. The topological polar surface area (TPSA) is 84.9 Å².